The molecular weight excluding hydrogens is 867 g/mol. The average molecular weight is 926 g/mol. The number of hydrogen-bond acceptors (Lipinski definition) is 15. The lowest BCUT2D eigenvalue weighted by molar-refractivity contribution is -0.206. The van der Waals surface area contributed by atoms with E-state index >= 15 is 0 Å². The van der Waals surface area contributed by atoms with Crippen molar-refractivity contribution in [3.63, 3.8) is 0 Å². The number of likely N-dealkylation sites (tertiary alicyclic amines) is 1. The number of benzene rings is 3. The molecule has 17 nitrogen and oxygen atoms in total. The summed E-state index contributed by atoms with van der Waals surface area (Å²) >= 11 is 0. The fourth-order valence-electron chi connectivity index (χ4n) is 9.50. The SMILES string of the molecule is COc1ccc2c3c1O[C@H]1C(OC(=O)CCNC(=O)[C@@H](OC(=O)OC(C)(C)C)c4ccccc4)=CC[C@@]4(OC(=O)CCNC(=O)[C@@H](OC(=O)OC(C)(C)C)c5ccccc5)[C@@H](C2)N(C)CC[C@]314. The molecule has 0 unspecified atom stereocenters. The molecule has 6 atom stereocenters. The van der Waals surface area contributed by atoms with Crippen molar-refractivity contribution < 1.29 is 66.7 Å². The number of rotatable bonds is 15. The Hall–Kier alpha value is -6.62. The second-order valence-electron chi connectivity index (χ2n) is 19.0. The molecule has 2 bridgehead atoms. The maximum absolute atomic E-state index is 14.2. The minimum atomic E-state index is -1.35. The van der Waals surface area contributed by atoms with Gasteiger partial charge < -0.3 is 48.5 Å². The van der Waals surface area contributed by atoms with Crippen LogP contribution in [-0.4, -0.2) is 104 Å². The summed E-state index contributed by atoms with van der Waals surface area (Å²) in [4.78, 5) is 82.3. The smallest absolute Gasteiger partial charge is 0.493 e. The molecule has 2 aliphatic heterocycles. The summed E-state index contributed by atoms with van der Waals surface area (Å²) in [6.45, 7) is 10.4. The molecule has 2 heterocycles. The zero-order valence-electron chi connectivity index (χ0n) is 39.1. The molecule has 1 saturated heterocycles. The zero-order valence-corrected chi connectivity index (χ0v) is 39.1. The Bertz CT molecular complexity index is 2390. The topological polar surface area (TPSA) is 204 Å². The molecule has 17 heteroatoms. The van der Waals surface area contributed by atoms with E-state index in [-0.39, 0.29) is 44.2 Å². The molecule has 1 fully saturated rings. The number of carbonyl (C=O) groups excluding carboxylic acids is 6. The van der Waals surface area contributed by atoms with Crippen LogP contribution in [0.25, 0.3) is 0 Å². The van der Waals surface area contributed by atoms with Gasteiger partial charge in [0.1, 0.15) is 22.6 Å². The summed E-state index contributed by atoms with van der Waals surface area (Å²) < 4.78 is 46.9. The molecule has 0 radical (unpaired) electrons. The van der Waals surface area contributed by atoms with Crippen molar-refractivity contribution in [1.29, 1.82) is 0 Å². The van der Waals surface area contributed by atoms with Crippen LogP contribution in [0.4, 0.5) is 9.59 Å². The lowest BCUT2D eigenvalue weighted by Gasteiger charge is -2.62. The third kappa shape index (κ3) is 10.2. The number of nitrogens with zero attached hydrogens (tertiary/aromatic N) is 1. The van der Waals surface area contributed by atoms with Gasteiger partial charge in [0.05, 0.1) is 31.4 Å². The fourth-order valence-corrected chi connectivity index (χ4v) is 9.50. The maximum Gasteiger partial charge on any atom is 0.509 e. The minimum absolute atomic E-state index is 0.133. The quantitative estimate of drug-likeness (QED) is 0.124. The third-order valence-corrected chi connectivity index (χ3v) is 12.2. The van der Waals surface area contributed by atoms with Crippen LogP contribution in [0.5, 0.6) is 11.5 Å². The molecule has 3 aromatic rings. The van der Waals surface area contributed by atoms with Crippen LogP contribution < -0.4 is 20.1 Å². The van der Waals surface area contributed by atoms with Crippen molar-refractivity contribution in [3.05, 3.63) is 107 Å². The number of likely N-dealkylation sites (N-methyl/N-ethyl adjacent to an activating group) is 1. The van der Waals surface area contributed by atoms with Crippen molar-refractivity contribution in [1.82, 2.24) is 15.5 Å². The molecule has 0 saturated carbocycles. The monoisotopic (exact) mass is 925 g/mol. The molecule has 358 valence electrons. The van der Waals surface area contributed by atoms with Crippen molar-refractivity contribution in [2.24, 2.45) is 0 Å². The second kappa shape index (κ2) is 19.3. The number of ether oxygens (including phenoxy) is 8. The maximum atomic E-state index is 14.2. The number of methoxy groups -OCH3 is 1. The van der Waals surface area contributed by atoms with Crippen LogP contribution in [0.3, 0.4) is 0 Å². The van der Waals surface area contributed by atoms with Gasteiger partial charge in [-0.05, 0) is 85.7 Å². The highest BCUT2D eigenvalue weighted by Gasteiger charge is 2.74. The average Bonchev–Trinajstić information content (AvgIpc) is 3.62. The van der Waals surface area contributed by atoms with E-state index in [9.17, 15) is 28.8 Å². The summed E-state index contributed by atoms with van der Waals surface area (Å²) in [6, 6.07) is 20.4. The summed E-state index contributed by atoms with van der Waals surface area (Å²) in [5, 5.41) is 5.41. The van der Waals surface area contributed by atoms with Crippen molar-refractivity contribution in [2.45, 2.75) is 120 Å². The first-order valence-corrected chi connectivity index (χ1v) is 22.4. The molecule has 2 amide bonds. The van der Waals surface area contributed by atoms with E-state index in [0.29, 0.717) is 42.0 Å². The molecule has 3 aromatic carbocycles. The molecule has 4 aliphatic rings. The Balaban J connectivity index is 1.07. The van der Waals surface area contributed by atoms with Gasteiger partial charge in [-0.1, -0.05) is 66.7 Å². The normalized spacial score (nSPS) is 22.2. The van der Waals surface area contributed by atoms with Crippen molar-refractivity contribution in [3.8, 4) is 11.5 Å². The van der Waals surface area contributed by atoms with E-state index in [1.807, 2.05) is 19.2 Å². The standard InChI is InChI=1S/C50H59N3O14/c1-47(2,3)66-45(58)63-39(30-15-11-9-12-16-30)43(56)51-26-22-36(54)61-34-21-24-50(35-29-32-19-20-33(60-8)41-38(32)49(50,42(34)62-41)25-28-53(35)7)65-37(55)23-27-52-44(57)40(31-17-13-10-14-18-31)64-46(59)67-48(4,5)6/h9-21,35,39-40,42H,22-29H2,1-8H3,(H,51,56)(H,52,57)/t35-,39+,40+,42+,49+,50-/m1/s1. The molecule has 67 heavy (non-hydrogen) atoms. The number of esters is 2. The lowest BCUT2D eigenvalue weighted by atomic mass is 9.50. The van der Waals surface area contributed by atoms with Crippen LogP contribution in [0.15, 0.2) is 84.6 Å². The predicted octanol–water partition coefficient (Wildman–Crippen LogP) is 6.47. The molecule has 2 aliphatic carbocycles. The van der Waals surface area contributed by atoms with E-state index in [2.05, 4.69) is 15.5 Å². The van der Waals surface area contributed by atoms with Gasteiger partial charge in [0.2, 0.25) is 12.2 Å². The third-order valence-electron chi connectivity index (χ3n) is 12.2. The Morgan fingerprint density at radius 3 is 1.82 bits per heavy atom. The fraction of sp³-hybridized carbons (Fsp3) is 0.480. The molecular formula is C50H59N3O14. The largest absolute Gasteiger partial charge is 0.509 e. The van der Waals surface area contributed by atoms with Gasteiger partial charge in [0.15, 0.2) is 17.6 Å². The summed E-state index contributed by atoms with van der Waals surface area (Å²) in [5.41, 5.74) is -1.28. The van der Waals surface area contributed by atoms with Crippen LogP contribution in [0, 0.1) is 0 Å². The number of carbonyl (C=O) groups is 6. The summed E-state index contributed by atoms with van der Waals surface area (Å²) in [5.74, 6) is -1.38. The first-order chi connectivity index (χ1) is 31.7. The van der Waals surface area contributed by atoms with Crippen LogP contribution in [0.2, 0.25) is 0 Å². The highest BCUT2D eigenvalue weighted by atomic mass is 16.7. The van der Waals surface area contributed by atoms with Gasteiger partial charge in [0.25, 0.3) is 11.8 Å². The minimum Gasteiger partial charge on any atom is -0.493 e. The van der Waals surface area contributed by atoms with E-state index in [1.54, 1.807) is 108 Å². The Morgan fingerprint density at radius 1 is 0.761 bits per heavy atom. The first-order valence-electron chi connectivity index (χ1n) is 22.4. The van der Waals surface area contributed by atoms with Gasteiger partial charge in [-0.3, -0.25) is 24.1 Å². The van der Waals surface area contributed by atoms with Gasteiger partial charge in [-0.15, -0.1) is 0 Å². The van der Waals surface area contributed by atoms with Crippen LogP contribution in [-0.2, 0) is 59.4 Å². The Morgan fingerprint density at radius 2 is 1.30 bits per heavy atom. The Labute approximate surface area is 389 Å². The van der Waals surface area contributed by atoms with E-state index < -0.39 is 76.6 Å². The molecule has 1 spiro atoms. The van der Waals surface area contributed by atoms with Crippen molar-refractivity contribution in [2.75, 3.05) is 33.8 Å². The second-order valence-corrected chi connectivity index (χ2v) is 19.0. The lowest BCUT2D eigenvalue weighted by Crippen LogP contribution is -2.75. The highest BCUT2D eigenvalue weighted by molar-refractivity contribution is 5.85. The van der Waals surface area contributed by atoms with Crippen LogP contribution in [0.1, 0.15) is 102 Å². The summed E-state index contributed by atoms with van der Waals surface area (Å²) in [7, 11) is 3.52. The van der Waals surface area contributed by atoms with Crippen molar-refractivity contribution >= 4 is 36.1 Å². The summed E-state index contributed by atoms with van der Waals surface area (Å²) in [6.07, 6.45) is -3.23. The highest BCUT2D eigenvalue weighted by Crippen LogP contribution is 2.66. The molecule has 2 N–H and O–H groups in total. The number of piperidine rings is 1. The molecule has 0 aromatic heterocycles. The van der Waals surface area contributed by atoms with E-state index in [4.69, 9.17) is 37.9 Å². The van der Waals surface area contributed by atoms with Gasteiger partial charge in [0, 0.05) is 36.2 Å². The number of amides is 2. The predicted molar refractivity (Wildman–Crippen MR) is 240 cm³/mol. The van der Waals surface area contributed by atoms with E-state index in [1.165, 1.54) is 7.11 Å². The Kier molecular flexibility index (Phi) is 13.9. The van der Waals surface area contributed by atoms with E-state index in [0.717, 1.165) is 11.1 Å². The first kappa shape index (κ1) is 48.3. The zero-order chi connectivity index (χ0) is 48.3. The van der Waals surface area contributed by atoms with Gasteiger partial charge in [-0.2, -0.15) is 0 Å². The van der Waals surface area contributed by atoms with Crippen LogP contribution >= 0.6 is 0 Å². The number of nitrogens with one attached hydrogen (secondary N) is 2. The van der Waals surface area contributed by atoms with Gasteiger partial charge in [-0.25, -0.2) is 9.59 Å². The number of hydrogen-bond donors (Lipinski definition) is 2. The molecule has 7 rings (SSSR count). The van der Waals surface area contributed by atoms with Gasteiger partial charge >= 0.3 is 24.2 Å².